The van der Waals surface area contributed by atoms with Crippen LogP contribution in [-0.2, 0) is 0 Å². The number of hydrogen-bond acceptors (Lipinski definition) is 1. The Hall–Kier alpha value is -0.720. The Morgan fingerprint density at radius 1 is 1.46 bits per heavy atom. The Balaban J connectivity index is 3.13. The SMILES string of the molecule is CCC1=CC(C)(C)C(N)=C(C)C1C. The predicted molar refractivity (Wildman–Crippen MR) is 58.2 cm³/mol. The maximum absolute atomic E-state index is 6.10. The van der Waals surface area contributed by atoms with Gasteiger partial charge in [0.15, 0.2) is 0 Å². The predicted octanol–water partition coefficient (Wildman–Crippen LogP) is 3.23. The minimum absolute atomic E-state index is 0.0575. The summed E-state index contributed by atoms with van der Waals surface area (Å²) in [6.07, 6.45) is 3.47. The van der Waals surface area contributed by atoms with Crippen molar-refractivity contribution in [3.05, 3.63) is 22.9 Å². The van der Waals surface area contributed by atoms with Crippen molar-refractivity contribution in [2.75, 3.05) is 0 Å². The molecule has 1 rings (SSSR count). The zero-order valence-corrected chi connectivity index (χ0v) is 9.44. The maximum Gasteiger partial charge on any atom is 0.0223 e. The van der Waals surface area contributed by atoms with Crippen LogP contribution in [-0.4, -0.2) is 0 Å². The van der Waals surface area contributed by atoms with Crippen LogP contribution in [0.25, 0.3) is 0 Å². The summed E-state index contributed by atoms with van der Waals surface area (Å²) < 4.78 is 0. The largest absolute Gasteiger partial charge is 0.401 e. The van der Waals surface area contributed by atoms with E-state index in [2.05, 4.69) is 40.7 Å². The number of rotatable bonds is 1. The van der Waals surface area contributed by atoms with Gasteiger partial charge >= 0.3 is 0 Å². The van der Waals surface area contributed by atoms with E-state index in [-0.39, 0.29) is 5.41 Å². The van der Waals surface area contributed by atoms with E-state index in [1.165, 1.54) is 11.1 Å². The Bertz CT molecular complexity index is 269. The van der Waals surface area contributed by atoms with Crippen molar-refractivity contribution in [2.24, 2.45) is 17.1 Å². The maximum atomic E-state index is 6.10. The zero-order chi connectivity index (χ0) is 10.2. The number of hydrogen-bond donors (Lipinski definition) is 1. The molecule has 0 amide bonds. The third kappa shape index (κ3) is 1.65. The molecule has 0 aliphatic heterocycles. The lowest BCUT2D eigenvalue weighted by Gasteiger charge is -2.33. The average Bonchev–Trinajstić information content (AvgIpc) is 2.08. The third-order valence-electron chi connectivity index (χ3n) is 3.28. The van der Waals surface area contributed by atoms with E-state index in [1.807, 2.05) is 0 Å². The lowest BCUT2D eigenvalue weighted by molar-refractivity contribution is 0.514. The third-order valence-corrected chi connectivity index (χ3v) is 3.28. The van der Waals surface area contributed by atoms with Crippen LogP contribution >= 0.6 is 0 Å². The van der Waals surface area contributed by atoms with Gasteiger partial charge in [-0.2, -0.15) is 0 Å². The summed E-state index contributed by atoms with van der Waals surface area (Å²) >= 11 is 0. The van der Waals surface area contributed by atoms with Crippen LogP contribution in [0.3, 0.4) is 0 Å². The molecule has 1 unspecified atom stereocenters. The lowest BCUT2D eigenvalue weighted by Crippen LogP contribution is -2.27. The van der Waals surface area contributed by atoms with Crippen molar-refractivity contribution >= 4 is 0 Å². The zero-order valence-electron chi connectivity index (χ0n) is 9.44. The van der Waals surface area contributed by atoms with Gasteiger partial charge in [0.25, 0.3) is 0 Å². The summed E-state index contributed by atoms with van der Waals surface area (Å²) in [5.41, 5.74) is 10.1. The van der Waals surface area contributed by atoms with Crippen molar-refractivity contribution in [3.63, 3.8) is 0 Å². The number of nitrogens with two attached hydrogens (primary N) is 1. The van der Waals surface area contributed by atoms with Crippen LogP contribution in [0.2, 0.25) is 0 Å². The molecule has 2 N–H and O–H groups in total. The van der Waals surface area contributed by atoms with Crippen LogP contribution < -0.4 is 5.73 Å². The molecule has 1 atom stereocenters. The topological polar surface area (TPSA) is 26.0 Å². The molecule has 1 heteroatoms. The van der Waals surface area contributed by atoms with Crippen molar-refractivity contribution in [3.8, 4) is 0 Å². The van der Waals surface area contributed by atoms with Gasteiger partial charge in [0, 0.05) is 11.1 Å². The van der Waals surface area contributed by atoms with Crippen molar-refractivity contribution < 1.29 is 0 Å². The molecule has 1 aliphatic carbocycles. The van der Waals surface area contributed by atoms with Gasteiger partial charge in [-0.05, 0) is 24.8 Å². The highest BCUT2D eigenvalue weighted by Crippen LogP contribution is 2.39. The molecule has 74 valence electrons. The first-order valence-corrected chi connectivity index (χ1v) is 5.08. The van der Waals surface area contributed by atoms with Gasteiger partial charge in [0.05, 0.1) is 0 Å². The minimum Gasteiger partial charge on any atom is -0.401 e. The summed E-state index contributed by atoms with van der Waals surface area (Å²) in [4.78, 5) is 0. The van der Waals surface area contributed by atoms with Crippen LogP contribution in [0.5, 0.6) is 0 Å². The van der Waals surface area contributed by atoms with Crippen molar-refractivity contribution in [1.82, 2.24) is 0 Å². The van der Waals surface area contributed by atoms with Crippen molar-refractivity contribution in [1.29, 1.82) is 0 Å². The van der Waals surface area contributed by atoms with Gasteiger partial charge in [-0.1, -0.05) is 39.3 Å². The summed E-state index contributed by atoms with van der Waals surface area (Å²) in [5, 5.41) is 0. The smallest absolute Gasteiger partial charge is 0.0223 e. The van der Waals surface area contributed by atoms with E-state index < -0.39 is 0 Å². The Kier molecular flexibility index (Phi) is 2.56. The second-order valence-electron chi connectivity index (χ2n) is 4.61. The summed E-state index contributed by atoms with van der Waals surface area (Å²) in [6.45, 7) is 11.0. The van der Waals surface area contributed by atoms with Gasteiger partial charge < -0.3 is 5.73 Å². The highest BCUT2D eigenvalue weighted by molar-refractivity contribution is 5.35. The highest BCUT2D eigenvalue weighted by atomic mass is 14.6. The van der Waals surface area contributed by atoms with Gasteiger partial charge in [-0.3, -0.25) is 0 Å². The van der Waals surface area contributed by atoms with Gasteiger partial charge in [0.2, 0.25) is 0 Å². The molecule has 0 heterocycles. The van der Waals surface area contributed by atoms with E-state index in [0.29, 0.717) is 5.92 Å². The lowest BCUT2D eigenvalue weighted by atomic mass is 9.74. The first-order valence-electron chi connectivity index (χ1n) is 5.08. The van der Waals surface area contributed by atoms with Crippen molar-refractivity contribution in [2.45, 2.75) is 41.0 Å². The summed E-state index contributed by atoms with van der Waals surface area (Å²) in [5.74, 6) is 0.540. The van der Waals surface area contributed by atoms with E-state index in [1.54, 1.807) is 0 Å². The minimum atomic E-state index is 0.0575. The fourth-order valence-corrected chi connectivity index (χ4v) is 2.09. The van der Waals surface area contributed by atoms with Gasteiger partial charge in [-0.15, -0.1) is 0 Å². The molecule has 0 saturated heterocycles. The molecule has 0 aromatic carbocycles. The van der Waals surface area contributed by atoms with Crippen LogP contribution in [0.1, 0.15) is 41.0 Å². The Morgan fingerprint density at radius 3 is 2.46 bits per heavy atom. The average molecular weight is 179 g/mol. The van der Waals surface area contributed by atoms with E-state index in [4.69, 9.17) is 5.73 Å². The quantitative estimate of drug-likeness (QED) is 0.614. The molecule has 0 aromatic rings. The van der Waals surface area contributed by atoms with E-state index >= 15 is 0 Å². The normalized spacial score (nSPS) is 27.5. The fourth-order valence-electron chi connectivity index (χ4n) is 2.09. The first kappa shape index (κ1) is 10.4. The van der Waals surface area contributed by atoms with Gasteiger partial charge in [-0.25, -0.2) is 0 Å². The second-order valence-corrected chi connectivity index (χ2v) is 4.61. The van der Waals surface area contributed by atoms with Crippen LogP contribution in [0, 0.1) is 11.3 Å². The molecule has 1 nitrogen and oxygen atoms in total. The first-order chi connectivity index (χ1) is 5.90. The van der Waals surface area contributed by atoms with Gasteiger partial charge in [0.1, 0.15) is 0 Å². The van der Waals surface area contributed by atoms with E-state index in [9.17, 15) is 0 Å². The van der Waals surface area contributed by atoms with Crippen LogP contribution in [0.4, 0.5) is 0 Å². The Labute approximate surface area is 81.7 Å². The van der Waals surface area contributed by atoms with Crippen LogP contribution in [0.15, 0.2) is 22.9 Å². The number of allylic oxidation sites excluding steroid dienone is 3. The molecule has 0 radical (unpaired) electrons. The molecule has 0 bridgehead atoms. The molecule has 0 spiro atoms. The Morgan fingerprint density at radius 2 is 2.00 bits per heavy atom. The standard InChI is InChI=1S/C12H21N/c1-6-10-7-12(4,5)11(13)9(3)8(10)2/h7-8H,6,13H2,1-5H3. The summed E-state index contributed by atoms with van der Waals surface area (Å²) in [7, 11) is 0. The summed E-state index contributed by atoms with van der Waals surface area (Å²) in [6, 6.07) is 0. The molecule has 0 saturated carbocycles. The molecule has 1 aliphatic rings. The molecule has 13 heavy (non-hydrogen) atoms. The fraction of sp³-hybridized carbons (Fsp3) is 0.667. The highest BCUT2D eigenvalue weighted by Gasteiger charge is 2.28. The molecule has 0 aromatic heterocycles. The second kappa shape index (κ2) is 3.21. The molecular formula is C12H21N. The molecule has 0 fully saturated rings. The monoisotopic (exact) mass is 179 g/mol. The molecular weight excluding hydrogens is 158 g/mol. The van der Waals surface area contributed by atoms with E-state index in [0.717, 1.165) is 12.1 Å².